The molecule has 0 amide bonds. The lowest BCUT2D eigenvalue weighted by atomic mass is 10.1. The van der Waals surface area contributed by atoms with E-state index in [1.54, 1.807) is 0 Å². The minimum Gasteiger partial charge on any atom is -0.361 e. The summed E-state index contributed by atoms with van der Waals surface area (Å²) in [7, 11) is 0. The van der Waals surface area contributed by atoms with E-state index in [9.17, 15) is 0 Å². The lowest BCUT2D eigenvalue weighted by molar-refractivity contribution is 1.16. The average Bonchev–Trinajstić information content (AvgIpc) is 2.82. The van der Waals surface area contributed by atoms with E-state index in [1.165, 1.54) is 16.5 Å². The van der Waals surface area contributed by atoms with Crippen LogP contribution in [0, 0.1) is 0 Å². The number of hydrogen-bond donors (Lipinski definition) is 1. The van der Waals surface area contributed by atoms with E-state index in [0.29, 0.717) is 0 Å². The molecule has 0 atom stereocenters. The highest BCUT2D eigenvalue weighted by molar-refractivity contribution is 5.82. The Balaban J connectivity index is 0.000000442. The quantitative estimate of drug-likeness (QED) is 0.689. The van der Waals surface area contributed by atoms with E-state index < -0.39 is 0 Å². The molecule has 0 radical (unpaired) electrons. The van der Waals surface area contributed by atoms with Gasteiger partial charge in [0.1, 0.15) is 0 Å². The molecule has 1 N–H and O–H groups in total. The third kappa shape index (κ3) is 3.43. The van der Waals surface area contributed by atoms with Gasteiger partial charge in [-0.25, -0.2) is 0 Å². The van der Waals surface area contributed by atoms with Crippen LogP contribution in [-0.2, 0) is 6.42 Å². The van der Waals surface area contributed by atoms with E-state index in [1.807, 2.05) is 33.9 Å². The van der Waals surface area contributed by atoms with Crippen LogP contribution in [0.3, 0.4) is 0 Å². The third-order valence-corrected chi connectivity index (χ3v) is 2.07. The molecule has 15 heavy (non-hydrogen) atoms. The molecular formula is C14H23N. The summed E-state index contributed by atoms with van der Waals surface area (Å²) in [6, 6.07) is 8.51. The average molecular weight is 205 g/mol. The van der Waals surface area contributed by atoms with Crippen molar-refractivity contribution in [3.8, 4) is 0 Å². The summed E-state index contributed by atoms with van der Waals surface area (Å²) in [4.78, 5) is 3.19. The molecule has 2 aromatic rings. The molecule has 0 fully saturated rings. The zero-order chi connectivity index (χ0) is 11.7. The van der Waals surface area contributed by atoms with Gasteiger partial charge in [-0.2, -0.15) is 0 Å². The van der Waals surface area contributed by atoms with E-state index in [4.69, 9.17) is 0 Å². The van der Waals surface area contributed by atoms with Crippen molar-refractivity contribution >= 4 is 10.9 Å². The molecule has 0 saturated heterocycles. The molecule has 0 aliphatic carbocycles. The molecule has 0 spiro atoms. The first-order valence-electron chi connectivity index (χ1n) is 5.97. The van der Waals surface area contributed by atoms with Crippen LogP contribution < -0.4 is 0 Å². The van der Waals surface area contributed by atoms with Gasteiger partial charge in [0, 0.05) is 17.1 Å². The summed E-state index contributed by atoms with van der Waals surface area (Å²) in [6.07, 6.45) is 3.10. The number of benzene rings is 1. The summed E-state index contributed by atoms with van der Waals surface area (Å²) in [5.74, 6) is 0. The van der Waals surface area contributed by atoms with E-state index in [2.05, 4.69) is 36.2 Å². The first-order chi connectivity index (χ1) is 7.42. The van der Waals surface area contributed by atoms with Crippen molar-refractivity contribution in [2.75, 3.05) is 0 Å². The molecule has 0 saturated carbocycles. The Morgan fingerprint density at radius 3 is 2.27 bits per heavy atom. The minimum absolute atomic E-state index is 1.11. The minimum atomic E-state index is 1.11. The summed E-state index contributed by atoms with van der Waals surface area (Å²) in [5.41, 5.74) is 2.66. The topological polar surface area (TPSA) is 15.8 Å². The zero-order valence-electron chi connectivity index (χ0n) is 10.6. The number of aromatic nitrogens is 1. The van der Waals surface area contributed by atoms with Crippen LogP contribution in [0.2, 0.25) is 0 Å². The van der Waals surface area contributed by atoms with Crippen molar-refractivity contribution < 1.29 is 0 Å². The first-order valence-corrected chi connectivity index (χ1v) is 5.97. The largest absolute Gasteiger partial charge is 0.361 e. The standard InChI is InChI=1S/C10H11N.2C2H6/c1-2-8-4-3-5-10-9(8)6-7-11-10;2*1-2/h3-7,11H,2H2,1H3;2*1-2H3. The third-order valence-electron chi connectivity index (χ3n) is 2.07. The van der Waals surface area contributed by atoms with Crippen molar-refractivity contribution in [2.24, 2.45) is 0 Å². The molecule has 1 nitrogen and oxygen atoms in total. The lowest BCUT2D eigenvalue weighted by Crippen LogP contribution is -1.79. The molecule has 0 aliphatic rings. The maximum absolute atomic E-state index is 3.19. The van der Waals surface area contributed by atoms with Gasteiger partial charge in [0.25, 0.3) is 0 Å². The Bertz CT molecular complexity index is 360. The summed E-state index contributed by atoms with van der Waals surface area (Å²) in [5, 5.41) is 1.36. The Kier molecular flexibility index (Phi) is 7.43. The van der Waals surface area contributed by atoms with Crippen molar-refractivity contribution in [1.82, 2.24) is 4.98 Å². The van der Waals surface area contributed by atoms with Gasteiger partial charge in [-0.1, -0.05) is 46.8 Å². The second kappa shape index (κ2) is 8.10. The van der Waals surface area contributed by atoms with E-state index >= 15 is 0 Å². The van der Waals surface area contributed by atoms with Crippen molar-refractivity contribution in [3.05, 3.63) is 36.0 Å². The smallest absolute Gasteiger partial charge is 0.0456 e. The number of fused-ring (bicyclic) bond motifs is 1. The predicted molar refractivity (Wildman–Crippen MR) is 70.4 cm³/mol. The Hall–Kier alpha value is -1.24. The highest BCUT2D eigenvalue weighted by Gasteiger charge is 1.96. The Morgan fingerprint density at radius 1 is 1.00 bits per heavy atom. The summed E-state index contributed by atoms with van der Waals surface area (Å²) >= 11 is 0. The monoisotopic (exact) mass is 205 g/mol. The molecule has 1 aromatic carbocycles. The number of aromatic amines is 1. The summed E-state index contributed by atoms with van der Waals surface area (Å²) in [6.45, 7) is 10.2. The first kappa shape index (κ1) is 13.8. The van der Waals surface area contributed by atoms with Crippen LogP contribution in [0.15, 0.2) is 30.5 Å². The predicted octanol–water partition coefficient (Wildman–Crippen LogP) is 4.78. The van der Waals surface area contributed by atoms with Gasteiger partial charge >= 0.3 is 0 Å². The highest BCUT2D eigenvalue weighted by Crippen LogP contribution is 2.17. The molecule has 1 heteroatoms. The fraction of sp³-hybridized carbons (Fsp3) is 0.429. The Labute approximate surface area is 93.5 Å². The van der Waals surface area contributed by atoms with Crippen molar-refractivity contribution in [2.45, 2.75) is 41.0 Å². The molecule has 2 rings (SSSR count). The number of aryl methyl sites for hydroxylation is 1. The van der Waals surface area contributed by atoms with Crippen molar-refractivity contribution in [3.63, 3.8) is 0 Å². The molecular weight excluding hydrogens is 182 g/mol. The van der Waals surface area contributed by atoms with Crippen LogP contribution in [0.4, 0.5) is 0 Å². The van der Waals surface area contributed by atoms with Gasteiger partial charge in [-0.05, 0) is 24.1 Å². The highest BCUT2D eigenvalue weighted by atomic mass is 14.7. The van der Waals surface area contributed by atoms with E-state index in [0.717, 1.165) is 6.42 Å². The molecule has 0 aliphatic heterocycles. The molecule has 1 aromatic heterocycles. The SMILES string of the molecule is CC.CC.CCc1cccc2[nH]ccc12. The van der Waals surface area contributed by atoms with Crippen molar-refractivity contribution in [1.29, 1.82) is 0 Å². The molecule has 84 valence electrons. The molecule has 0 bridgehead atoms. The van der Waals surface area contributed by atoms with Crippen LogP contribution in [-0.4, -0.2) is 4.98 Å². The second-order valence-corrected chi connectivity index (χ2v) is 2.71. The number of nitrogens with one attached hydrogen (secondary N) is 1. The second-order valence-electron chi connectivity index (χ2n) is 2.71. The van der Waals surface area contributed by atoms with Gasteiger partial charge < -0.3 is 4.98 Å². The maximum Gasteiger partial charge on any atom is 0.0456 e. The number of rotatable bonds is 1. The maximum atomic E-state index is 3.19. The zero-order valence-corrected chi connectivity index (χ0v) is 10.6. The fourth-order valence-electron chi connectivity index (χ4n) is 1.46. The molecule has 1 heterocycles. The van der Waals surface area contributed by atoms with Gasteiger partial charge in [0.15, 0.2) is 0 Å². The van der Waals surface area contributed by atoms with Gasteiger partial charge in [0.05, 0.1) is 0 Å². The van der Waals surface area contributed by atoms with Crippen LogP contribution >= 0.6 is 0 Å². The van der Waals surface area contributed by atoms with Gasteiger partial charge in [-0.3, -0.25) is 0 Å². The summed E-state index contributed by atoms with van der Waals surface area (Å²) < 4.78 is 0. The van der Waals surface area contributed by atoms with Gasteiger partial charge in [0.2, 0.25) is 0 Å². The normalized spacial score (nSPS) is 8.60. The Morgan fingerprint density at radius 2 is 1.67 bits per heavy atom. The van der Waals surface area contributed by atoms with Crippen LogP contribution in [0.5, 0.6) is 0 Å². The fourth-order valence-corrected chi connectivity index (χ4v) is 1.46. The lowest BCUT2D eigenvalue weighted by Gasteiger charge is -1.96. The van der Waals surface area contributed by atoms with Gasteiger partial charge in [-0.15, -0.1) is 0 Å². The number of H-pyrrole nitrogens is 1. The van der Waals surface area contributed by atoms with Crippen LogP contribution in [0.25, 0.3) is 10.9 Å². The molecule has 0 unspecified atom stereocenters. The van der Waals surface area contributed by atoms with Crippen LogP contribution in [0.1, 0.15) is 40.2 Å². The van der Waals surface area contributed by atoms with E-state index in [-0.39, 0.29) is 0 Å². The number of hydrogen-bond acceptors (Lipinski definition) is 0.